The minimum atomic E-state index is -0.489. The number of carbonyl (C=O) groups is 1. The van der Waals surface area contributed by atoms with Crippen molar-refractivity contribution in [3.8, 4) is 11.4 Å². The molecule has 1 aromatic carbocycles. The second kappa shape index (κ2) is 6.91. The summed E-state index contributed by atoms with van der Waals surface area (Å²) in [6, 6.07) is 7.20. The first-order valence-electron chi connectivity index (χ1n) is 8.16. The normalized spacial score (nSPS) is 15.4. The molecule has 3 rings (SSSR count). The number of benzene rings is 1. The summed E-state index contributed by atoms with van der Waals surface area (Å²) in [5, 5.41) is 19.6. The third kappa shape index (κ3) is 3.96. The van der Waals surface area contributed by atoms with E-state index < -0.39 is 6.10 Å². The Morgan fingerprint density at radius 2 is 2.13 bits per heavy atom. The lowest BCUT2D eigenvalue weighted by atomic mass is 10.1. The number of H-pyrrole nitrogens is 1. The lowest BCUT2D eigenvalue weighted by Crippen LogP contribution is -2.31. The fourth-order valence-corrected chi connectivity index (χ4v) is 2.46. The Balaban J connectivity index is 1.60. The molecule has 1 amide bonds. The van der Waals surface area contributed by atoms with E-state index in [2.05, 4.69) is 20.5 Å². The number of nitrogens with one attached hydrogen (secondary N) is 2. The number of aliphatic hydroxyl groups excluding tert-OH is 1. The predicted octanol–water partition coefficient (Wildman–Crippen LogP) is 2.24. The van der Waals surface area contributed by atoms with Crippen molar-refractivity contribution in [1.29, 1.82) is 0 Å². The fraction of sp³-hybridized carbons (Fsp3) is 0.471. The molecule has 6 nitrogen and oxygen atoms in total. The van der Waals surface area contributed by atoms with E-state index in [0.717, 1.165) is 17.8 Å². The van der Waals surface area contributed by atoms with E-state index in [4.69, 9.17) is 0 Å². The van der Waals surface area contributed by atoms with Crippen LogP contribution in [-0.2, 0) is 0 Å². The quantitative estimate of drug-likeness (QED) is 0.731. The van der Waals surface area contributed by atoms with Gasteiger partial charge in [0, 0.05) is 23.6 Å². The van der Waals surface area contributed by atoms with Gasteiger partial charge in [-0.1, -0.05) is 25.5 Å². The second-order valence-corrected chi connectivity index (χ2v) is 6.05. The van der Waals surface area contributed by atoms with E-state index in [-0.39, 0.29) is 12.5 Å². The minimum Gasteiger partial charge on any atom is -0.391 e. The highest BCUT2D eigenvalue weighted by Crippen LogP contribution is 2.38. The number of aromatic amines is 1. The van der Waals surface area contributed by atoms with E-state index >= 15 is 0 Å². The molecule has 0 saturated heterocycles. The Morgan fingerprint density at radius 3 is 2.78 bits per heavy atom. The zero-order valence-electron chi connectivity index (χ0n) is 13.2. The topological polar surface area (TPSA) is 90.9 Å². The molecule has 2 aromatic rings. The van der Waals surface area contributed by atoms with Gasteiger partial charge in [-0.2, -0.15) is 5.10 Å². The Morgan fingerprint density at radius 1 is 1.39 bits per heavy atom. The molecule has 0 aliphatic heterocycles. The van der Waals surface area contributed by atoms with E-state index in [9.17, 15) is 9.90 Å². The number of amides is 1. The zero-order chi connectivity index (χ0) is 16.2. The molecule has 1 fully saturated rings. The van der Waals surface area contributed by atoms with Crippen molar-refractivity contribution in [2.45, 2.75) is 44.6 Å². The molecule has 1 unspecified atom stereocenters. The van der Waals surface area contributed by atoms with Crippen LogP contribution in [0, 0.1) is 0 Å². The molecule has 1 atom stereocenters. The summed E-state index contributed by atoms with van der Waals surface area (Å²) in [6.07, 6.45) is 3.45. The van der Waals surface area contributed by atoms with Crippen molar-refractivity contribution in [2.75, 3.05) is 6.54 Å². The Kier molecular flexibility index (Phi) is 4.71. The number of hydrogen-bond acceptors (Lipinski definition) is 4. The maximum Gasteiger partial charge on any atom is 0.251 e. The monoisotopic (exact) mass is 314 g/mol. The molecule has 23 heavy (non-hydrogen) atoms. The van der Waals surface area contributed by atoms with Gasteiger partial charge in [-0.25, -0.2) is 4.98 Å². The minimum absolute atomic E-state index is 0.180. The SMILES string of the molecule is CCCC(O)CNC(=O)c1ccc(-c2n[nH]c(C3CC3)n2)cc1. The molecule has 1 aliphatic carbocycles. The van der Waals surface area contributed by atoms with Crippen LogP contribution in [0.2, 0.25) is 0 Å². The standard InChI is InChI=1S/C17H22N4O2/c1-2-3-14(22)10-18-17(23)13-8-6-12(7-9-13)16-19-15(20-21-16)11-4-5-11/h6-9,11,14,22H,2-5,10H2,1H3,(H,18,23)(H,19,20,21). The molecule has 1 heterocycles. The molecular weight excluding hydrogens is 292 g/mol. The first-order chi connectivity index (χ1) is 11.2. The van der Waals surface area contributed by atoms with E-state index in [1.54, 1.807) is 12.1 Å². The van der Waals surface area contributed by atoms with Gasteiger partial charge in [0.25, 0.3) is 5.91 Å². The number of hydrogen-bond donors (Lipinski definition) is 3. The number of aliphatic hydroxyl groups is 1. The molecule has 0 radical (unpaired) electrons. The third-order valence-corrected chi connectivity index (χ3v) is 3.99. The van der Waals surface area contributed by atoms with E-state index in [1.807, 2.05) is 19.1 Å². The number of rotatable bonds is 7. The predicted molar refractivity (Wildman–Crippen MR) is 87.0 cm³/mol. The largest absolute Gasteiger partial charge is 0.391 e. The molecule has 0 spiro atoms. The number of nitrogens with zero attached hydrogens (tertiary/aromatic N) is 2. The van der Waals surface area contributed by atoms with Crippen molar-refractivity contribution in [3.63, 3.8) is 0 Å². The highest BCUT2D eigenvalue weighted by atomic mass is 16.3. The van der Waals surface area contributed by atoms with Crippen LogP contribution in [0.15, 0.2) is 24.3 Å². The summed E-state index contributed by atoms with van der Waals surface area (Å²) in [7, 11) is 0. The summed E-state index contributed by atoms with van der Waals surface area (Å²) >= 11 is 0. The van der Waals surface area contributed by atoms with Crippen LogP contribution in [0.5, 0.6) is 0 Å². The Labute approximate surface area is 135 Å². The average Bonchev–Trinajstić information content (AvgIpc) is 3.30. The van der Waals surface area contributed by atoms with Crippen molar-refractivity contribution < 1.29 is 9.90 Å². The van der Waals surface area contributed by atoms with Gasteiger partial charge in [-0.15, -0.1) is 0 Å². The van der Waals surface area contributed by atoms with Gasteiger partial charge in [0.05, 0.1) is 6.10 Å². The van der Waals surface area contributed by atoms with Crippen molar-refractivity contribution in [2.24, 2.45) is 0 Å². The van der Waals surface area contributed by atoms with Crippen LogP contribution in [0.3, 0.4) is 0 Å². The summed E-state index contributed by atoms with van der Waals surface area (Å²) in [5.41, 5.74) is 1.45. The summed E-state index contributed by atoms with van der Waals surface area (Å²) in [6.45, 7) is 2.28. The molecule has 1 aliphatic rings. The van der Waals surface area contributed by atoms with Crippen LogP contribution in [-0.4, -0.2) is 38.8 Å². The first kappa shape index (κ1) is 15.7. The summed E-state index contributed by atoms with van der Waals surface area (Å²) < 4.78 is 0. The molecule has 3 N–H and O–H groups in total. The maximum absolute atomic E-state index is 12.0. The smallest absolute Gasteiger partial charge is 0.251 e. The van der Waals surface area contributed by atoms with Gasteiger partial charge in [0.2, 0.25) is 0 Å². The highest BCUT2D eigenvalue weighted by molar-refractivity contribution is 5.94. The van der Waals surface area contributed by atoms with E-state index in [1.165, 1.54) is 12.8 Å². The molecule has 1 aromatic heterocycles. The van der Waals surface area contributed by atoms with Gasteiger partial charge in [-0.3, -0.25) is 9.89 Å². The van der Waals surface area contributed by atoms with Crippen molar-refractivity contribution >= 4 is 5.91 Å². The third-order valence-electron chi connectivity index (χ3n) is 3.99. The van der Waals surface area contributed by atoms with Gasteiger partial charge in [0.1, 0.15) is 5.82 Å². The van der Waals surface area contributed by atoms with Gasteiger partial charge >= 0.3 is 0 Å². The Bertz CT molecular complexity index is 661. The second-order valence-electron chi connectivity index (χ2n) is 6.05. The lowest BCUT2D eigenvalue weighted by molar-refractivity contribution is 0.0910. The van der Waals surface area contributed by atoms with Crippen LogP contribution >= 0.6 is 0 Å². The van der Waals surface area contributed by atoms with Crippen LogP contribution in [0.25, 0.3) is 11.4 Å². The first-order valence-corrected chi connectivity index (χ1v) is 8.16. The average molecular weight is 314 g/mol. The maximum atomic E-state index is 12.0. The van der Waals surface area contributed by atoms with Gasteiger partial charge in [0.15, 0.2) is 5.82 Å². The molecule has 6 heteroatoms. The summed E-state index contributed by atoms with van der Waals surface area (Å²) in [5.74, 6) is 1.97. The zero-order valence-corrected chi connectivity index (χ0v) is 13.2. The summed E-state index contributed by atoms with van der Waals surface area (Å²) in [4.78, 5) is 16.5. The molecule has 1 saturated carbocycles. The van der Waals surface area contributed by atoms with Crippen LogP contribution in [0.1, 0.15) is 54.7 Å². The highest BCUT2D eigenvalue weighted by Gasteiger charge is 2.27. The van der Waals surface area contributed by atoms with Crippen molar-refractivity contribution in [1.82, 2.24) is 20.5 Å². The van der Waals surface area contributed by atoms with E-state index in [0.29, 0.717) is 23.7 Å². The van der Waals surface area contributed by atoms with Crippen molar-refractivity contribution in [3.05, 3.63) is 35.7 Å². The number of aromatic nitrogens is 3. The van der Waals surface area contributed by atoms with Gasteiger partial charge < -0.3 is 10.4 Å². The number of carbonyl (C=O) groups excluding carboxylic acids is 1. The fourth-order valence-electron chi connectivity index (χ4n) is 2.46. The molecular formula is C17H22N4O2. The van der Waals surface area contributed by atoms with Crippen LogP contribution < -0.4 is 5.32 Å². The molecule has 122 valence electrons. The Hall–Kier alpha value is -2.21. The molecule has 0 bridgehead atoms. The lowest BCUT2D eigenvalue weighted by Gasteiger charge is -2.10. The van der Waals surface area contributed by atoms with Crippen LogP contribution in [0.4, 0.5) is 0 Å². The van der Waals surface area contributed by atoms with Gasteiger partial charge in [-0.05, 0) is 31.4 Å².